The summed E-state index contributed by atoms with van der Waals surface area (Å²) in [6, 6.07) is 8.26. The summed E-state index contributed by atoms with van der Waals surface area (Å²) in [5.74, 6) is 0.427. The number of amides is 1. The van der Waals surface area contributed by atoms with Crippen molar-refractivity contribution in [3.63, 3.8) is 0 Å². The Morgan fingerprint density at radius 3 is 2.30 bits per heavy atom. The van der Waals surface area contributed by atoms with Crippen LogP contribution in [-0.2, 0) is 4.79 Å². The smallest absolute Gasteiger partial charge is 0.227 e. The second kappa shape index (κ2) is 5.83. The fourth-order valence-corrected chi connectivity index (χ4v) is 2.73. The van der Waals surface area contributed by atoms with Crippen molar-refractivity contribution in [2.45, 2.75) is 19.3 Å². The fourth-order valence-electron chi connectivity index (χ4n) is 2.73. The molecule has 1 aliphatic carbocycles. The molecule has 1 aliphatic heterocycles. The number of carbonyl (C=O) groups excluding carboxylic acids is 1. The summed E-state index contributed by atoms with van der Waals surface area (Å²) in [4.78, 5) is 16.6. The van der Waals surface area contributed by atoms with Gasteiger partial charge in [-0.05, 0) is 44.2 Å². The average Bonchev–Trinajstić information content (AvgIpc) is 2.38. The second-order valence-electron chi connectivity index (χ2n) is 5.95. The van der Waals surface area contributed by atoms with Gasteiger partial charge in [0.1, 0.15) is 0 Å². The van der Waals surface area contributed by atoms with Crippen molar-refractivity contribution in [2.24, 2.45) is 5.92 Å². The molecule has 4 heteroatoms. The highest BCUT2D eigenvalue weighted by atomic mass is 16.1. The van der Waals surface area contributed by atoms with E-state index in [0.717, 1.165) is 44.7 Å². The van der Waals surface area contributed by atoms with Crippen molar-refractivity contribution in [1.29, 1.82) is 0 Å². The van der Waals surface area contributed by atoms with Crippen LogP contribution in [0.5, 0.6) is 0 Å². The minimum absolute atomic E-state index is 0.184. The highest BCUT2D eigenvalue weighted by Gasteiger charge is 2.25. The van der Waals surface area contributed by atoms with Gasteiger partial charge in [0, 0.05) is 43.5 Å². The molecule has 4 nitrogen and oxygen atoms in total. The molecule has 1 aromatic carbocycles. The van der Waals surface area contributed by atoms with Crippen molar-refractivity contribution < 1.29 is 4.79 Å². The molecule has 0 aromatic heterocycles. The molecule has 2 aliphatic rings. The van der Waals surface area contributed by atoms with Gasteiger partial charge in [-0.15, -0.1) is 0 Å². The Labute approximate surface area is 120 Å². The van der Waals surface area contributed by atoms with Crippen LogP contribution in [0.1, 0.15) is 19.3 Å². The first-order valence-corrected chi connectivity index (χ1v) is 7.57. The maximum absolute atomic E-state index is 11.9. The van der Waals surface area contributed by atoms with E-state index in [1.165, 1.54) is 12.1 Å². The molecule has 1 saturated heterocycles. The van der Waals surface area contributed by atoms with E-state index in [9.17, 15) is 4.79 Å². The summed E-state index contributed by atoms with van der Waals surface area (Å²) in [7, 11) is 2.16. The van der Waals surface area contributed by atoms with Crippen LogP contribution in [0.3, 0.4) is 0 Å². The third-order valence-corrected chi connectivity index (χ3v) is 4.48. The van der Waals surface area contributed by atoms with Gasteiger partial charge in [0.15, 0.2) is 0 Å². The van der Waals surface area contributed by atoms with Gasteiger partial charge in [0.05, 0.1) is 0 Å². The summed E-state index contributed by atoms with van der Waals surface area (Å²) in [6.45, 7) is 4.37. The van der Waals surface area contributed by atoms with Gasteiger partial charge in [-0.2, -0.15) is 0 Å². The van der Waals surface area contributed by atoms with E-state index in [1.54, 1.807) is 0 Å². The number of nitrogens with zero attached hydrogens (tertiary/aromatic N) is 2. The Kier molecular flexibility index (Phi) is 3.92. The molecule has 1 heterocycles. The van der Waals surface area contributed by atoms with Gasteiger partial charge < -0.3 is 15.1 Å². The van der Waals surface area contributed by atoms with Crippen LogP contribution in [0.2, 0.25) is 0 Å². The Bertz CT molecular complexity index is 459. The first kappa shape index (κ1) is 13.4. The number of likely N-dealkylation sites (N-methyl/N-ethyl adjacent to an activating group) is 1. The van der Waals surface area contributed by atoms with Crippen LogP contribution in [0.25, 0.3) is 0 Å². The Morgan fingerprint density at radius 2 is 1.75 bits per heavy atom. The predicted molar refractivity (Wildman–Crippen MR) is 82.1 cm³/mol. The van der Waals surface area contributed by atoms with Crippen molar-refractivity contribution in [2.75, 3.05) is 43.4 Å². The normalized spacial score (nSPS) is 20.6. The monoisotopic (exact) mass is 273 g/mol. The van der Waals surface area contributed by atoms with Gasteiger partial charge in [-0.25, -0.2) is 0 Å². The molecule has 0 radical (unpaired) electrons. The lowest BCUT2D eigenvalue weighted by Crippen LogP contribution is -2.44. The third-order valence-electron chi connectivity index (χ3n) is 4.48. The average molecular weight is 273 g/mol. The zero-order valence-electron chi connectivity index (χ0n) is 12.1. The Morgan fingerprint density at radius 1 is 1.10 bits per heavy atom. The Hall–Kier alpha value is -1.55. The van der Waals surface area contributed by atoms with Crippen LogP contribution in [0, 0.1) is 5.92 Å². The van der Waals surface area contributed by atoms with Crippen molar-refractivity contribution in [3.05, 3.63) is 24.3 Å². The number of piperazine rings is 1. The molecule has 1 aromatic rings. The molecule has 0 bridgehead atoms. The second-order valence-corrected chi connectivity index (χ2v) is 5.95. The van der Waals surface area contributed by atoms with E-state index in [4.69, 9.17) is 0 Å². The molecule has 0 spiro atoms. The summed E-state index contributed by atoms with van der Waals surface area (Å²) >= 11 is 0. The maximum atomic E-state index is 11.9. The molecule has 1 amide bonds. The number of hydrogen-bond acceptors (Lipinski definition) is 3. The topological polar surface area (TPSA) is 35.6 Å². The lowest BCUT2D eigenvalue weighted by Gasteiger charge is -2.34. The SMILES string of the molecule is CN1CCN(c2ccc(NC(=O)C3CCC3)cc2)CC1. The van der Waals surface area contributed by atoms with Crippen molar-refractivity contribution in [1.82, 2.24) is 4.90 Å². The quantitative estimate of drug-likeness (QED) is 0.917. The lowest BCUT2D eigenvalue weighted by molar-refractivity contribution is -0.122. The van der Waals surface area contributed by atoms with Crippen molar-refractivity contribution in [3.8, 4) is 0 Å². The molecule has 1 N–H and O–H groups in total. The summed E-state index contributed by atoms with van der Waals surface area (Å²) in [5, 5.41) is 3.02. The molecular weight excluding hydrogens is 250 g/mol. The number of rotatable bonds is 3. The van der Waals surface area contributed by atoms with E-state index in [1.807, 2.05) is 12.1 Å². The highest BCUT2D eigenvalue weighted by molar-refractivity contribution is 5.93. The molecule has 108 valence electrons. The van der Waals surface area contributed by atoms with Gasteiger partial charge in [0.25, 0.3) is 0 Å². The molecule has 20 heavy (non-hydrogen) atoms. The Balaban J connectivity index is 1.58. The summed E-state index contributed by atoms with van der Waals surface area (Å²) in [6.07, 6.45) is 3.29. The predicted octanol–water partition coefficient (Wildman–Crippen LogP) is 2.18. The zero-order valence-corrected chi connectivity index (χ0v) is 12.1. The van der Waals surface area contributed by atoms with E-state index in [2.05, 4.69) is 34.3 Å². The first-order valence-electron chi connectivity index (χ1n) is 7.57. The molecule has 1 saturated carbocycles. The van der Waals surface area contributed by atoms with Crippen LogP contribution in [0.4, 0.5) is 11.4 Å². The highest BCUT2D eigenvalue weighted by Crippen LogP contribution is 2.28. The van der Waals surface area contributed by atoms with Gasteiger partial charge in [0.2, 0.25) is 5.91 Å². The standard InChI is InChI=1S/C16H23N3O/c1-18-9-11-19(12-10-18)15-7-5-14(6-8-15)17-16(20)13-3-2-4-13/h5-8,13H,2-4,9-12H2,1H3,(H,17,20). The van der Waals surface area contributed by atoms with Gasteiger partial charge in [-0.1, -0.05) is 6.42 Å². The van der Waals surface area contributed by atoms with E-state index < -0.39 is 0 Å². The molecule has 2 fully saturated rings. The third kappa shape index (κ3) is 2.96. The van der Waals surface area contributed by atoms with Crippen LogP contribution >= 0.6 is 0 Å². The van der Waals surface area contributed by atoms with E-state index in [-0.39, 0.29) is 11.8 Å². The fraction of sp³-hybridized carbons (Fsp3) is 0.562. The number of carbonyl (C=O) groups is 1. The maximum Gasteiger partial charge on any atom is 0.227 e. The summed E-state index contributed by atoms with van der Waals surface area (Å²) < 4.78 is 0. The van der Waals surface area contributed by atoms with Gasteiger partial charge >= 0.3 is 0 Å². The molecule has 0 atom stereocenters. The molecule has 0 unspecified atom stereocenters. The van der Waals surface area contributed by atoms with Gasteiger partial charge in [-0.3, -0.25) is 4.79 Å². The number of hydrogen-bond donors (Lipinski definition) is 1. The minimum Gasteiger partial charge on any atom is -0.369 e. The molecule has 3 rings (SSSR count). The number of benzene rings is 1. The lowest BCUT2D eigenvalue weighted by atomic mass is 9.85. The summed E-state index contributed by atoms with van der Waals surface area (Å²) in [5.41, 5.74) is 2.17. The first-order chi connectivity index (χ1) is 9.72. The van der Waals surface area contributed by atoms with Crippen LogP contribution in [0.15, 0.2) is 24.3 Å². The molecular formula is C16H23N3O. The minimum atomic E-state index is 0.184. The number of anilines is 2. The van der Waals surface area contributed by atoms with Crippen LogP contribution in [-0.4, -0.2) is 44.0 Å². The van der Waals surface area contributed by atoms with Crippen LogP contribution < -0.4 is 10.2 Å². The van der Waals surface area contributed by atoms with Crippen molar-refractivity contribution >= 4 is 17.3 Å². The van der Waals surface area contributed by atoms with E-state index in [0.29, 0.717) is 0 Å². The zero-order chi connectivity index (χ0) is 13.9. The number of nitrogens with one attached hydrogen (secondary N) is 1. The largest absolute Gasteiger partial charge is 0.369 e. The van der Waals surface area contributed by atoms with E-state index >= 15 is 0 Å².